The molecule has 1 N–H and O–H groups in total. The maximum Gasteiger partial charge on any atom is 0.264 e. The molecule has 9 nitrogen and oxygen atoms in total. The zero-order valence-electron chi connectivity index (χ0n) is 24.3. The van der Waals surface area contributed by atoms with Gasteiger partial charge in [0.1, 0.15) is 24.1 Å². The standard InChI is InChI=1S/C31H39N3O6S/c1-6-19-32-31(36)24(4)33(21-25-9-8-10-28(20-25)39-5)30(35)22-34(26-13-15-27(16-14-26)40-7-2)41(37,38)29-17-11-23(3)12-18-29/h8-18,20,24H,6-7,19,21-22H2,1-5H3,(H,32,36)/t24-/m1/s1. The molecule has 0 spiro atoms. The number of carbonyl (C=O) groups excluding carboxylic acids is 2. The number of aryl methyl sites for hydroxylation is 1. The lowest BCUT2D eigenvalue weighted by atomic mass is 10.1. The molecule has 0 radical (unpaired) electrons. The number of carbonyl (C=O) groups is 2. The number of rotatable bonds is 14. The number of sulfonamides is 1. The van der Waals surface area contributed by atoms with Crippen molar-refractivity contribution in [2.75, 3.05) is 31.1 Å². The summed E-state index contributed by atoms with van der Waals surface area (Å²) in [6, 6.07) is 19.3. The number of anilines is 1. The molecular formula is C31H39N3O6S. The number of hydrogen-bond acceptors (Lipinski definition) is 6. The average Bonchev–Trinajstić information content (AvgIpc) is 2.97. The molecule has 0 unspecified atom stereocenters. The van der Waals surface area contributed by atoms with Gasteiger partial charge in [-0.15, -0.1) is 0 Å². The minimum Gasteiger partial charge on any atom is -0.497 e. The summed E-state index contributed by atoms with van der Waals surface area (Å²) in [4.78, 5) is 28.4. The first kappa shape index (κ1) is 31.5. The van der Waals surface area contributed by atoms with Crippen molar-refractivity contribution in [1.82, 2.24) is 10.2 Å². The van der Waals surface area contributed by atoms with Crippen LogP contribution in [-0.4, -0.2) is 58.0 Å². The second kappa shape index (κ2) is 14.5. The number of methoxy groups -OCH3 is 1. The monoisotopic (exact) mass is 581 g/mol. The summed E-state index contributed by atoms with van der Waals surface area (Å²) in [6.07, 6.45) is 0.739. The van der Waals surface area contributed by atoms with Gasteiger partial charge in [0.15, 0.2) is 0 Å². The smallest absolute Gasteiger partial charge is 0.264 e. The van der Waals surface area contributed by atoms with Gasteiger partial charge in [0, 0.05) is 13.1 Å². The van der Waals surface area contributed by atoms with Gasteiger partial charge in [0.25, 0.3) is 10.0 Å². The molecule has 0 fully saturated rings. The first-order valence-corrected chi connectivity index (χ1v) is 15.1. The van der Waals surface area contributed by atoms with Gasteiger partial charge in [-0.25, -0.2) is 8.42 Å². The van der Waals surface area contributed by atoms with Crippen molar-refractivity contribution < 1.29 is 27.5 Å². The summed E-state index contributed by atoms with van der Waals surface area (Å²) in [5, 5.41) is 2.84. The summed E-state index contributed by atoms with van der Waals surface area (Å²) < 4.78 is 39.8. The first-order valence-electron chi connectivity index (χ1n) is 13.6. The third-order valence-corrected chi connectivity index (χ3v) is 8.32. The fourth-order valence-corrected chi connectivity index (χ4v) is 5.60. The first-order chi connectivity index (χ1) is 19.6. The quantitative estimate of drug-likeness (QED) is 0.300. The highest BCUT2D eigenvalue weighted by Gasteiger charge is 2.32. The summed E-state index contributed by atoms with van der Waals surface area (Å²) in [5.74, 6) is 0.334. The molecule has 3 rings (SSSR count). The molecule has 3 aromatic carbocycles. The number of nitrogens with zero attached hydrogens (tertiary/aromatic N) is 2. The molecule has 0 aromatic heterocycles. The van der Waals surface area contributed by atoms with E-state index in [4.69, 9.17) is 9.47 Å². The van der Waals surface area contributed by atoms with E-state index >= 15 is 0 Å². The highest BCUT2D eigenvalue weighted by Crippen LogP contribution is 2.27. The molecule has 0 aliphatic heterocycles. The molecule has 41 heavy (non-hydrogen) atoms. The fraction of sp³-hybridized carbons (Fsp3) is 0.355. The zero-order valence-corrected chi connectivity index (χ0v) is 25.1. The van der Waals surface area contributed by atoms with Crippen LogP contribution >= 0.6 is 0 Å². The molecule has 0 heterocycles. The largest absolute Gasteiger partial charge is 0.497 e. The van der Waals surface area contributed by atoms with Crippen LogP contribution in [0.5, 0.6) is 11.5 Å². The Morgan fingerprint density at radius 2 is 1.63 bits per heavy atom. The molecule has 0 saturated carbocycles. The van der Waals surface area contributed by atoms with E-state index in [0.29, 0.717) is 30.3 Å². The second-order valence-electron chi connectivity index (χ2n) is 9.59. The van der Waals surface area contributed by atoms with Gasteiger partial charge in [0.05, 0.1) is 24.3 Å². The number of ether oxygens (including phenoxy) is 2. The van der Waals surface area contributed by atoms with Crippen LogP contribution in [0, 0.1) is 6.92 Å². The molecule has 3 aromatic rings. The SMILES string of the molecule is CCCNC(=O)[C@@H](C)N(Cc1cccc(OC)c1)C(=O)CN(c1ccc(OCC)cc1)S(=O)(=O)c1ccc(C)cc1. The van der Waals surface area contributed by atoms with Gasteiger partial charge in [-0.1, -0.05) is 36.8 Å². The Morgan fingerprint density at radius 1 is 0.951 bits per heavy atom. The third kappa shape index (κ3) is 8.23. The van der Waals surface area contributed by atoms with E-state index in [-0.39, 0.29) is 17.3 Å². The lowest BCUT2D eigenvalue weighted by Gasteiger charge is -2.32. The van der Waals surface area contributed by atoms with Crippen LogP contribution in [-0.2, 0) is 26.2 Å². The van der Waals surface area contributed by atoms with E-state index in [1.54, 1.807) is 68.6 Å². The maximum atomic E-state index is 14.0. The van der Waals surface area contributed by atoms with Crippen molar-refractivity contribution in [3.8, 4) is 11.5 Å². The lowest BCUT2D eigenvalue weighted by molar-refractivity contribution is -0.139. The highest BCUT2D eigenvalue weighted by atomic mass is 32.2. The van der Waals surface area contributed by atoms with Crippen molar-refractivity contribution in [2.24, 2.45) is 0 Å². The Bertz CT molecular complexity index is 1410. The van der Waals surface area contributed by atoms with Crippen LogP contribution in [0.3, 0.4) is 0 Å². The number of benzene rings is 3. The van der Waals surface area contributed by atoms with E-state index in [1.165, 1.54) is 17.0 Å². The van der Waals surface area contributed by atoms with Crippen LogP contribution in [0.2, 0.25) is 0 Å². The maximum absolute atomic E-state index is 14.0. The van der Waals surface area contributed by atoms with Crippen molar-refractivity contribution in [3.05, 3.63) is 83.9 Å². The Labute approximate surface area is 243 Å². The zero-order chi connectivity index (χ0) is 30.0. The van der Waals surface area contributed by atoms with Crippen molar-refractivity contribution >= 4 is 27.5 Å². The number of hydrogen-bond donors (Lipinski definition) is 1. The van der Waals surface area contributed by atoms with Gasteiger partial charge >= 0.3 is 0 Å². The van der Waals surface area contributed by atoms with Crippen molar-refractivity contribution in [3.63, 3.8) is 0 Å². The molecule has 1 atom stereocenters. The van der Waals surface area contributed by atoms with Crippen LogP contribution in [0.4, 0.5) is 5.69 Å². The summed E-state index contributed by atoms with van der Waals surface area (Å²) >= 11 is 0. The molecule has 0 aliphatic carbocycles. The second-order valence-corrected chi connectivity index (χ2v) is 11.5. The molecular weight excluding hydrogens is 542 g/mol. The average molecular weight is 582 g/mol. The molecule has 220 valence electrons. The van der Waals surface area contributed by atoms with Gasteiger partial charge in [-0.3, -0.25) is 13.9 Å². The predicted molar refractivity (Wildman–Crippen MR) is 160 cm³/mol. The van der Waals surface area contributed by atoms with Crippen LogP contribution in [0.15, 0.2) is 77.7 Å². The van der Waals surface area contributed by atoms with Crippen molar-refractivity contribution in [2.45, 2.75) is 51.6 Å². The van der Waals surface area contributed by atoms with Crippen LogP contribution < -0.4 is 19.1 Å². The summed E-state index contributed by atoms with van der Waals surface area (Å²) in [5.41, 5.74) is 1.94. The van der Waals surface area contributed by atoms with Crippen molar-refractivity contribution in [1.29, 1.82) is 0 Å². The normalized spacial score (nSPS) is 11.8. The molecule has 2 amide bonds. The number of nitrogens with one attached hydrogen (secondary N) is 1. The minimum absolute atomic E-state index is 0.0536. The van der Waals surface area contributed by atoms with Gasteiger partial charge in [-0.05, 0) is 81.3 Å². The highest BCUT2D eigenvalue weighted by molar-refractivity contribution is 7.92. The van der Waals surface area contributed by atoms with E-state index in [0.717, 1.165) is 21.9 Å². The van der Waals surface area contributed by atoms with Crippen LogP contribution in [0.25, 0.3) is 0 Å². The van der Waals surface area contributed by atoms with Gasteiger partial charge in [0.2, 0.25) is 11.8 Å². The van der Waals surface area contributed by atoms with Gasteiger partial charge in [-0.2, -0.15) is 0 Å². The van der Waals surface area contributed by atoms with E-state index in [2.05, 4.69) is 5.32 Å². The Hall–Kier alpha value is -4.05. The Balaban J connectivity index is 2.03. The molecule has 0 aliphatic rings. The molecule has 0 saturated heterocycles. The van der Waals surface area contributed by atoms with E-state index in [1.807, 2.05) is 26.8 Å². The summed E-state index contributed by atoms with van der Waals surface area (Å²) in [7, 11) is -2.59. The number of amides is 2. The fourth-order valence-electron chi connectivity index (χ4n) is 4.19. The minimum atomic E-state index is -4.14. The van der Waals surface area contributed by atoms with Gasteiger partial charge < -0.3 is 19.7 Å². The Morgan fingerprint density at radius 3 is 2.24 bits per heavy atom. The predicted octanol–water partition coefficient (Wildman–Crippen LogP) is 4.54. The Kier molecular flexibility index (Phi) is 11.2. The molecule has 0 bridgehead atoms. The van der Waals surface area contributed by atoms with Crippen LogP contribution in [0.1, 0.15) is 38.3 Å². The third-order valence-electron chi connectivity index (χ3n) is 6.53. The molecule has 10 heteroatoms. The topological polar surface area (TPSA) is 105 Å². The lowest BCUT2D eigenvalue weighted by Crippen LogP contribution is -2.51. The summed E-state index contributed by atoms with van der Waals surface area (Å²) in [6.45, 7) is 7.79. The van der Waals surface area contributed by atoms with E-state index < -0.39 is 28.5 Å². The van der Waals surface area contributed by atoms with E-state index in [9.17, 15) is 18.0 Å².